The Bertz CT molecular complexity index is 405. The van der Waals surface area contributed by atoms with E-state index < -0.39 is 18.6 Å². The van der Waals surface area contributed by atoms with Crippen molar-refractivity contribution in [3.63, 3.8) is 0 Å². The minimum absolute atomic E-state index is 0.302. The van der Waals surface area contributed by atoms with Crippen molar-refractivity contribution in [2.75, 3.05) is 13.1 Å². The van der Waals surface area contributed by atoms with E-state index in [1.54, 1.807) is 13.1 Å². The first-order valence-electron chi connectivity index (χ1n) is 5.27. The zero-order chi connectivity index (χ0) is 13.8. The SMILES string of the molecule is Cc1cnc(C(C)NC(=O)CNCC(F)(F)F)s1. The Morgan fingerprint density at radius 1 is 1.56 bits per heavy atom. The van der Waals surface area contributed by atoms with Crippen LogP contribution in [0.25, 0.3) is 0 Å². The van der Waals surface area contributed by atoms with Gasteiger partial charge < -0.3 is 10.6 Å². The van der Waals surface area contributed by atoms with Crippen molar-refractivity contribution in [3.05, 3.63) is 16.1 Å². The van der Waals surface area contributed by atoms with Gasteiger partial charge in [0.25, 0.3) is 0 Å². The molecule has 1 aromatic rings. The molecule has 2 N–H and O–H groups in total. The van der Waals surface area contributed by atoms with Crippen LogP contribution in [0, 0.1) is 6.92 Å². The van der Waals surface area contributed by atoms with Crippen molar-refractivity contribution >= 4 is 17.2 Å². The molecule has 0 aliphatic carbocycles. The number of aryl methyl sites for hydroxylation is 1. The van der Waals surface area contributed by atoms with Crippen LogP contribution in [-0.4, -0.2) is 30.2 Å². The summed E-state index contributed by atoms with van der Waals surface area (Å²) in [6.45, 7) is 2.08. The van der Waals surface area contributed by atoms with Gasteiger partial charge in [-0.05, 0) is 13.8 Å². The van der Waals surface area contributed by atoms with Crippen LogP contribution in [0.5, 0.6) is 0 Å². The number of aromatic nitrogens is 1. The molecule has 1 atom stereocenters. The van der Waals surface area contributed by atoms with Gasteiger partial charge in [0.2, 0.25) is 5.91 Å². The summed E-state index contributed by atoms with van der Waals surface area (Å²) < 4.78 is 35.5. The van der Waals surface area contributed by atoms with Crippen molar-refractivity contribution in [2.45, 2.75) is 26.1 Å². The number of alkyl halides is 3. The molecule has 0 aliphatic rings. The number of carbonyl (C=O) groups excluding carboxylic acids is 1. The highest BCUT2D eigenvalue weighted by molar-refractivity contribution is 7.11. The maximum absolute atomic E-state index is 11.8. The zero-order valence-electron chi connectivity index (χ0n) is 9.97. The molecule has 1 unspecified atom stereocenters. The van der Waals surface area contributed by atoms with E-state index in [2.05, 4.69) is 10.3 Å². The Hall–Kier alpha value is -1.15. The lowest BCUT2D eigenvalue weighted by atomic mass is 10.3. The van der Waals surface area contributed by atoms with Crippen LogP contribution in [0.4, 0.5) is 13.2 Å². The van der Waals surface area contributed by atoms with Crippen LogP contribution in [0.15, 0.2) is 6.20 Å². The molecule has 1 heterocycles. The summed E-state index contributed by atoms with van der Waals surface area (Å²) >= 11 is 1.44. The molecule has 1 amide bonds. The summed E-state index contributed by atoms with van der Waals surface area (Å²) in [4.78, 5) is 16.5. The lowest BCUT2D eigenvalue weighted by Crippen LogP contribution is -2.39. The number of halogens is 3. The molecular formula is C10H14F3N3OS. The molecule has 0 saturated carbocycles. The highest BCUT2D eigenvalue weighted by atomic mass is 32.1. The maximum atomic E-state index is 11.8. The molecule has 8 heteroatoms. The van der Waals surface area contributed by atoms with Gasteiger partial charge in [-0.25, -0.2) is 4.98 Å². The first-order chi connectivity index (χ1) is 8.28. The van der Waals surface area contributed by atoms with Gasteiger partial charge in [0.15, 0.2) is 0 Å². The van der Waals surface area contributed by atoms with Crippen molar-refractivity contribution in [3.8, 4) is 0 Å². The third-order valence-electron chi connectivity index (χ3n) is 2.00. The van der Waals surface area contributed by atoms with E-state index in [0.717, 1.165) is 9.88 Å². The second-order valence-corrected chi connectivity index (χ2v) is 5.08. The fourth-order valence-electron chi connectivity index (χ4n) is 1.24. The fourth-order valence-corrected chi connectivity index (χ4v) is 2.02. The first-order valence-corrected chi connectivity index (χ1v) is 6.09. The average molecular weight is 281 g/mol. The predicted octanol–water partition coefficient (Wildman–Crippen LogP) is 1.78. The van der Waals surface area contributed by atoms with Gasteiger partial charge in [0, 0.05) is 11.1 Å². The van der Waals surface area contributed by atoms with Crippen LogP contribution in [-0.2, 0) is 4.79 Å². The molecule has 18 heavy (non-hydrogen) atoms. The lowest BCUT2D eigenvalue weighted by molar-refractivity contribution is -0.128. The van der Waals surface area contributed by atoms with E-state index in [9.17, 15) is 18.0 Å². The van der Waals surface area contributed by atoms with Crippen LogP contribution in [0.3, 0.4) is 0 Å². The third-order valence-corrected chi connectivity index (χ3v) is 3.09. The fraction of sp³-hybridized carbons (Fsp3) is 0.600. The van der Waals surface area contributed by atoms with Crippen LogP contribution < -0.4 is 10.6 Å². The lowest BCUT2D eigenvalue weighted by Gasteiger charge is -2.12. The Labute approximate surface area is 107 Å². The van der Waals surface area contributed by atoms with Crippen molar-refractivity contribution in [2.24, 2.45) is 0 Å². The second-order valence-electron chi connectivity index (χ2n) is 3.82. The molecule has 102 valence electrons. The molecule has 0 radical (unpaired) electrons. The normalized spacial score (nSPS) is 13.4. The number of rotatable bonds is 5. The standard InChI is InChI=1S/C10H14F3N3OS/c1-6-3-15-9(18-6)7(2)16-8(17)4-14-5-10(11,12)13/h3,7,14H,4-5H2,1-2H3,(H,16,17). The molecule has 0 fully saturated rings. The summed E-state index contributed by atoms with van der Waals surface area (Å²) in [7, 11) is 0. The Morgan fingerprint density at radius 2 is 2.22 bits per heavy atom. The zero-order valence-corrected chi connectivity index (χ0v) is 10.8. The summed E-state index contributed by atoms with van der Waals surface area (Å²) in [6, 6.07) is -0.302. The number of thiazole rings is 1. The number of nitrogens with one attached hydrogen (secondary N) is 2. The van der Waals surface area contributed by atoms with E-state index >= 15 is 0 Å². The molecule has 0 spiro atoms. The molecule has 0 aromatic carbocycles. The molecule has 4 nitrogen and oxygen atoms in total. The quantitative estimate of drug-likeness (QED) is 0.865. The van der Waals surface area contributed by atoms with Crippen molar-refractivity contribution < 1.29 is 18.0 Å². The minimum atomic E-state index is -4.31. The summed E-state index contributed by atoms with van der Waals surface area (Å²) in [5, 5.41) is 5.34. The van der Waals surface area contributed by atoms with E-state index in [4.69, 9.17) is 0 Å². The largest absolute Gasteiger partial charge is 0.401 e. The summed E-state index contributed by atoms with van der Waals surface area (Å²) in [6.07, 6.45) is -2.62. The number of nitrogens with zero attached hydrogens (tertiary/aromatic N) is 1. The molecule has 0 aliphatic heterocycles. The van der Waals surface area contributed by atoms with E-state index in [0.29, 0.717) is 0 Å². The molecular weight excluding hydrogens is 267 g/mol. The Morgan fingerprint density at radius 3 is 2.72 bits per heavy atom. The third kappa shape index (κ3) is 5.46. The smallest absolute Gasteiger partial charge is 0.346 e. The molecule has 1 aromatic heterocycles. The van der Waals surface area contributed by atoms with Gasteiger partial charge in [-0.15, -0.1) is 11.3 Å². The summed E-state index contributed by atoms with van der Waals surface area (Å²) in [5.74, 6) is -0.486. The van der Waals surface area contributed by atoms with Gasteiger partial charge in [0.1, 0.15) is 5.01 Å². The van der Waals surface area contributed by atoms with Gasteiger partial charge in [-0.2, -0.15) is 13.2 Å². The number of hydrogen-bond donors (Lipinski definition) is 2. The number of hydrogen-bond acceptors (Lipinski definition) is 4. The van der Waals surface area contributed by atoms with Crippen molar-refractivity contribution in [1.29, 1.82) is 0 Å². The maximum Gasteiger partial charge on any atom is 0.401 e. The number of carbonyl (C=O) groups is 1. The van der Waals surface area contributed by atoms with Crippen LogP contribution >= 0.6 is 11.3 Å². The second kappa shape index (κ2) is 6.14. The molecule has 0 saturated heterocycles. The molecule has 0 bridgehead atoms. The topological polar surface area (TPSA) is 54.0 Å². The summed E-state index contributed by atoms with van der Waals surface area (Å²) in [5.41, 5.74) is 0. The van der Waals surface area contributed by atoms with E-state index in [1.807, 2.05) is 12.2 Å². The predicted molar refractivity (Wildman–Crippen MR) is 62.3 cm³/mol. The first kappa shape index (κ1) is 14.9. The Balaban J connectivity index is 2.32. The molecule has 1 rings (SSSR count). The van der Waals surface area contributed by atoms with Crippen LogP contribution in [0.2, 0.25) is 0 Å². The highest BCUT2D eigenvalue weighted by Gasteiger charge is 2.26. The minimum Gasteiger partial charge on any atom is -0.346 e. The Kier molecular flexibility index (Phi) is 5.09. The van der Waals surface area contributed by atoms with Gasteiger partial charge in [0.05, 0.1) is 19.1 Å². The van der Waals surface area contributed by atoms with Gasteiger partial charge in [-0.1, -0.05) is 0 Å². The van der Waals surface area contributed by atoms with Gasteiger partial charge in [-0.3, -0.25) is 4.79 Å². The van der Waals surface area contributed by atoms with Gasteiger partial charge >= 0.3 is 6.18 Å². The van der Waals surface area contributed by atoms with Crippen LogP contribution in [0.1, 0.15) is 22.9 Å². The van der Waals surface area contributed by atoms with Crippen molar-refractivity contribution in [1.82, 2.24) is 15.6 Å². The van der Waals surface area contributed by atoms with E-state index in [-0.39, 0.29) is 12.6 Å². The van der Waals surface area contributed by atoms with E-state index in [1.165, 1.54) is 11.3 Å². The monoisotopic (exact) mass is 281 g/mol. The number of amides is 1. The average Bonchev–Trinajstić information content (AvgIpc) is 2.62. The highest BCUT2D eigenvalue weighted by Crippen LogP contribution is 2.18.